The lowest BCUT2D eigenvalue weighted by atomic mass is 10.0. The van der Waals surface area contributed by atoms with Crippen LogP contribution in [-0.4, -0.2) is 30.6 Å². The molecule has 1 heterocycles. The molecule has 0 spiro atoms. The maximum absolute atomic E-state index is 11.9. The van der Waals surface area contributed by atoms with E-state index in [0.717, 1.165) is 11.3 Å². The SMILES string of the molecule is COc1cc(C=C2SC(=S)NC2=O)cc(Cl)c1OCCOc1ccccc1C(C)C. The Kier molecular flexibility index (Phi) is 7.64. The van der Waals surface area contributed by atoms with Gasteiger partial charge in [0.15, 0.2) is 11.5 Å². The first-order chi connectivity index (χ1) is 14.4. The molecule has 30 heavy (non-hydrogen) atoms. The van der Waals surface area contributed by atoms with Crippen molar-refractivity contribution in [1.29, 1.82) is 0 Å². The lowest BCUT2D eigenvalue weighted by Crippen LogP contribution is -2.17. The Morgan fingerprint density at radius 3 is 2.57 bits per heavy atom. The van der Waals surface area contributed by atoms with E-state index in [1.54, 1.807) is 18.2 Å². The van der Waals surface area contributed by atoms with Crippen LogP contribution < -0.4 is 19.5 Å². The van der Waals surface area contributed by atoms with E-state index in [-0.39, 0.29) is 5.91 Å². The molecule has 2 aromatic carbocycles. The predicted molar refractivity (Wildman–Crippen MR) is 126 cm³/mol. The number of methoxy groups -OCH3 is 1. The molecule has 0 aromatic heterocycles. The quantitative estimate of drug-likeness (QED) is 0.320. The largest absolute Gasteiger partial charge is 0.493 e. The summed E-state index contributed by atoms with van der Waals surface area (Å²) >= 11 is 12.6. The third-order valence-corrected chi connectivity index (χ3v) is 5.76. The van der Waals surface area contributed by atoms with Crippen molar-refractivity contribution in [3.8, 4) is 17.2 Å². The Morgan fingerprint density at radius 2 is 1.90 bits per heavy atom. The molecule has 1 amide bonds. The minimum absolute atomic E-state index is 0.223. The maximum Gasteiger partial charge on any atom is 0.263 e. The number of thiocarbonyl (C=S) groups is 1. The zero-order chi connectivity index (χ0) is 21.7. The Balaban J connectivity index is 1.67. The van der Waals surface area contributed by atoms with E-state index in [2.05, 4.69) is 25.2 Å². The fourth-order valence-electron chi connectivity index (χ4n) is 2.92. The first kappa shape index (κ1) is 22.5. The molecule has 8 heteroatoms. The number of para-hydroxylation sites is 1. The zero-order valence-electron chi connectivity index (χ0n) is 16.9. The van der Waals surface area contributed by atoms with Crippen molar-refractivity contribution in [1.82, 2.24) is 5.32 Å². The van der Waals surface area contributed by atoms with Gasteiger partial charge >= 0.3 is 0 Å². The topological polar surface area (TPSA) is 56.8 Å². The van der Waals surface area contributed by atoms with Crippen LogP contribution in [0.5, 0.6) is 17.2 Å². The van der Waals surface area contributed by atoms with Crippen LogP contribution >= 0.6 is 35.6 Å². The van der Waals surface area contributed by atoms with E-state index < -0.39 is 0 Å². The highest BCUT2D eigenvalue weighted by Crippen LogP contribution is 2.38. The lowest BCUT2D eigenvalue weighted by Gasteiger charge is -2.16. The molecule has 0 saturated carbocycles. The third-order valence-electron chi connectivity index (χ3n) is 4.32. The first-order valence-corrected chi connectivity index (χ1v) is 11.0. The van der Waals surface area contributed by atoms with E-state index in [1.807, 2.05) is 18.2 Å². The number of amides is 1. The van der Waals surface area contributed by atoms with Gasteiger partial charge in [0.1, 0.15) is 23.3 Å². The molecule has 2 aromatic rings. The van der Waals surface area contributed by atoms with Crippen molar-refractivity contribution >= 4 is 51.9 Å². The first-order valence-electron chi connectivity index (χ1n) is 9.36. The van der Waals surface area contributed by atoms with E-state index in [0.29, 0.717) is 50.4 Å². The van der Waals surface area contributed by atoms with Gasteiger partial charge in [0.05, 0.1) is 17.0 Å². The van der Waals surface area contributed by atoms with Gasteiger partial charge in [-0.05, 0) is 41.3 Å². The van der Waals surface area contributed by atoms with Gasteiger partial charge in [-0.2, -0.15) is 0 Å². The molecule has 1 saturated heterocycles. The summed E-state index contributed by atoms with van der Waals surface area (Å²) in [5, 5.41) is 2.97. The fourth-order valence-corrected chi connectivity index (χ4v) is 4.24. The van der Waals surface area contributed by atoms with Crippen molar-refractivity contribution in [2.75, 3.05) is 20.3 Å². The summed E-state index contributed by atoms with van der Waals surface area (Å²) in [5.41, 5.74) is 1.87. The van der Waals surface area contributed by atoms with E-state index >= 15 is 0 Å². The fraction of sp³-hybridized carbons (Fsp3) is 0.273. The molecule has 158 valence electrons. The molecule has 0 atom stereocenters. The van der Waals surface area contributed by atoms with Crippen LogP contribution in [0, 0.1) is 0 Å². The van der Waals surface area contributed by atoms with E-state index in [9.17, 15) is 4.79 Å². The number of rotatable bonds is 8. The molecular formula is C22H22ClNO4S2. The number of hydrogen-bond acceptors (Lipinski definition) is 6. The van der Waals surface area contributed by atoms with Gasteiger partial charge in [0.2, 0.25) is 0 Å². The van der Waals surface area contributed by atoms with E-state index in [1.165, 1.54) is 18.9 Å². The molecule has 1 N–H and O–H groups in total. The summed E-state index contributed by atoms with van der Waals surface area (Å²) in [6, 6.07) is 11.4. The zero-order valence-corrected chi connectivity index (χ0v) is 19.2. The van der Waals surface area contributed by atoms with Crippen molar-refractivity contribution < 1.29 is 19.0 Å². The summed E-state index contributed by atoms with van der Waals surface area (Å²) < 4.78 is 17.6. The molecule has 0 aliphatic carbocycles. The molecule has 1 aliphatic heterocycles. The van der Waals surface area contributed by atoms with Crippen LogP contribution in [0.3, 0.4) is 0 Å². The lowest BCUT2D eigenvalue weighted by molar-refractivity contribution is -0.115. The van der Waals surface area contributed by atoms with Gasteiger partial charge in [-0.15, -0.1) is 0 Å². The van der Waals surface area contributed by atoms with Gasteiger partial charge in [-0.25, -0.2) is 0 Å². The smallest absolute Gasteiger partial charge is 0.263 e. The monoisotopic (exact) mass is 463 g/mol. The number of hydrogen-bond donors (Lipinski definition) is 1. The summed E-state index contributed by atoms with van der Waals surface area (Å²) in [6.45, 7) is 4.92. The second-order valence-electron chi connectivity index (χ2n) is 6.78. The van der Waals surface area contributed by atoms with Gasteiger partial charge in [-0.3, -0.25) is 4.79 Å². The van der Waals surface area contributed by atoms with E-state index in [4.69, 9.17) is 38.0 Å². The number of thioether (sulfide) groups is 1. The van der Waals surface area contributed by atoms with Crippen molar-refractivity contribution in [2.24, 2.45) is 0 Å². The number of ether oxygens (including phenoxy) is 3. The average molecular weight is 464 g/mol. The van der Waals surface area contributed by atoms with Crippen LogP contribution in [0.25, 0.3) is 6.08 Å². The number of halogens is 1. The minimum Gasteiger partial charge on any atom is -0.493 e. The second kappa shape index (κ2) is 10.2. The highest BCUT2D eigenvalue weighted by Gasteiger charge is 2.22. The Bertz CT molecular complexity index is 991. The van der Waals surface area contributed by atoms with Crippen molar-refractivity contribution in [3.63, 3.8) is 0 Å². The van der Waals surface area contributed by atoms with Crippen molar-refractivity contribution in [2.45, 2.75) is 19.8 Å². The van der Waals surface area contributed by atoms with Crippen LogP contribution in [-0.2, 0) is 4.79 Å². The Morgan fingerprint density at radius 1 is 1.17 bits per heavy atom. The van der Waals surface area contributed by atoms with Gasteiger partial charge in [0.25, 0.3) is 5.91 Å². The highest BCUT2D eigenvalue weighted by atomic mass is 35.5. The maximum atomic E-state index is 11.9. The molecule has 5 nitrogen and oxygen atoms in total. The molecule has 1 fully saturated rings. The van der Waals surface area contributed by atoms with Crippen molar-refractivity contribution in [3.05, 3.63) is 57.5 Å². The number of benzene rings is 2. The molecule has 1 aliphatic rings. The Hall–Kier alpha value is -2.22. The predicted octanol–water partition coefficient (Wildman–Crippen LogP) is 5.42. The Labute approximate surface area is 190 Å². The molecular weight excluding hydrogens is 442 g/mol. The second-order valence-corrected chi connectivity index (χ2v) is 8.90. The van der Waals surface area contributed by atoms with Gasteiger partial charge in [0, 0.05) is 0 Å². The molecule has 0 bridgehead atoms. The highest BCUT2D eigenvalue weighted by molar-refractivity contribution is 8.26. The van der Waals surface area contributed by atoms with Crippen LogP contribution in [0.1, 0.15) is 30.9 Å². The number of carbonyl (C=O) groups is 1. The summed E-state index contributed by atoms with van der Waals surface area (Å²) in [5.74, 6) is 1.90. The van der Waals surface area contributed by atoms with Crippen LogP contribution in [0.15, 0.2) is 41.3 Å². The summed E-state index contributed by atoms with van der Waals surface area (Å²) in [7, 11) is 1.54. The average Bonchev–Trinajstić information content (AvgIpc) is 3.02. The molecule has 0 unspecified atom stereocenters. The third kappa shape index (κ3) is 5.47. The van der Waals surface area contributed by atoms with Gasteiger partial charge in [-0.1, -0.05) is 67.6 Å². The summed E-state index contributed by atoms with van der Waals surface area (Å²) in [4.78, 5) is 12.4. The van der Waals surface area contributed by atoms with Gasteiger partial charge < -0.3 is 19.5 Å². The standard InChI is InChI=1S/C22H22ClNO4S2/c1-13(2)15-6-4-5-7-17(15)27-8-9-28-20-16(23)10-14(11-18(20)26-3)12-19-21(25)24-22(29)30-19/h4-7,10-13H,8-9H2,1-3H3,(H,24,25,29). The van der Waals surface area contributed by atoms with Crippen LogP contribution in [0.2, 0.25) is 5.02 Å². The number of carbonyl (C=O) groups excluding carboxylic acids is 1. The molecule has 0 radical (unpaired) electrons. The minimum atomic E-state index is -0.223. The normalized spacial score (nSPS) is 14.9. The molecule has 3 rings (SSSR count). The number of nitrogens with one attached hydrogen (secondary N) is 1. The van der Waals surface area contributed by atoms with Crippen LogP contribution in [0.4, 0.5) is 0 Å². The summed E-state index contributed by atoms with van der Waals surface area (Å²) in [6.07, 6.45) is 1.71.